The SMILES string of the molecule is CC(NCc1ccc2c(c1)C(=O)N(C1CCC(=O)NC1=O)C2)C1CNC1. The number of amides is 3. The summed E-state index contributed by atoms with van der Waals surface area (Å²) >= 11 is 0. The smallest absolute Gasteiger partial charge is 0.255 e. The highest BCUT2D eigenvalue weighted by molar-refractivity contribution is 6.05. The third-order valence-corrected chi connectivity index (χ3v) is 5.74. The van der Waals surface area contributed by atoms with Gasteiger partial charge in [0, 0.05) is 44.2 Å². The average molecular weight is 356 g/mol. The molecule has 0 saturated carbocycles. The van der Waals surface area contributed by atoms with Gasteiger partial charge in [0.25, 0.3) is 5.91 Å². The van der Waals surface area contributed by atoms with E-state index in [4.69, 9.17) is 0 Å². The molecule has 3 aliphatic heterocycles. The van der Waals surface area contributed by atoms with Crippen molar-refractivity contribution in [3.63, 3.8) is 0 Å². The third-order valence-electron chi connectivity index (χ3n) is 5.74. The Morgan fingerprint density at radius 2 is 2.08 bits per heavy atom. The van der Waals surface area contributed by atoms with Gasteiger partial charge in [-0.2, -0.15) is 0 Å². The number of nitrogens with zero attached hydrogens (tertiary/aromatic N) is 1. The molecule has 0 spiro atoms. The lowest BCUT2D eigenvalue weighted by molar-refractivity contribution is -0.136. The predicted molar refractivity (Wildman–Crippen MR) is 95.1 cm³/mol. The molecule has 3 amide bonds. The highest BCUT2D eigenvalue weighted by Crippen LogP contribution is 2.28. The number of hydrogen-bond acceptors (Lipinski definition) is 5. The summed E-state index contributed by atoms with van der Waals surface area (Å²) in [5, 5.41) is 9.14. The van der Waals surface area contributed by atoms with Crippen LogP contribution in [0.2, 0.25) is 0 Å². The molecule has 2 unspecified atom stereocenters. The van der Waals surface area contributed by atoms with E-state index in [9.17, 15) is 14.4 Å². The van der Waals surface area contributed by atoms with Gasteiger partial charge in [0.05, 0.1) is 0 Å². The van der Waals surface area contributed by atoms with Crippen LogP contribution in [-0.4, -0.2) is 47.8 Å². The molecule has 2 fully saturated rings. The van der Waals surface area contributed by atoms with Crippen molar-refractivity contribution >= 4 is 17.7 Å². The van der Waals surface area contributed by atoms with Gasteiger partial charge in [0.2, 0.25) is 11.8 Å². The number of piperidine rings is 1. The largest absolute Gasteiger partial charge is 0.322 e. The summed E-state index contributed by atoms with van der Waals surface area (Å²) in [6, 6.07) is 5.83. The van der Waals surface area contributed by atoms with E-state index >= 15 is 0 Å². The maximum atomic E-state index is 12.8. The summed E-state index contributed by atoms with van der Waals surface area (Å²) in [5.41, 5.74) is 2.69. The van der Waals surface area contributed by atoms with Crippen LogP contribution in [0.4, 0.5) is 0 Å². The van der Waals surface area contributed by atoms with E-state index in [1.807, 2.05) is 18.2 Å². The van der Waals surface area contributed by atoms with Gasteiger partial charge in [-0.15, -0.1) is 0 Å². The first-order valence-electron chi connectivity index (χ1n) is 9.23. The van der Waals surface area contributed by atoms with Crippen LogP contribution in [0.1, 0.15) is 41.3 Å². The van der Waals surface area contributed by atoms with E-state index in [1.165, 1.54) is 0 Å². The van der Waals surface area contributed by atoms with Gasteiger partial charge >= 0.3 is 0 Å². The Kier molecular flexibility index (Phi) is 4.50. The topological polar surface area (TPSA) is 90.5 Å². The van der Waals surface area contributed by atoms with Gasteiger partial charge in [0.15, 0.2) is 0 Å². The minimum atomic E-state index is -0.555. The molecule has 0 bridgehead atoms. The fraction of sp³-hybridized carbons (Fsp3) is 0.526. The van der Waals surface area contributed by atoms with Crippen LogP contribution in [0, 0.1) is 5.92 Å². The minimum Gasteiger partial charge on any atom is -0.322 e. The Labute approximate surface area is 152 Å². The van der Waals surface area contributed by atoms with Crippen molar-refractivity contribution < 1.29 is 14.4 Å². The van der Waals surface area contributed by atoms with E-state index in [0.717, 1.165) is 30.8 Å². The van der Waals surface area contributed by atoms with Gasteiger partial charge in [-0.1, -0.05) is 12.1 Å². The Morgan fingerprint density at radius 1 is 1.27 bits per heavy atom. The number of benzene rings is 1. The summed E-state index contributed by atoms with van der Waals surface area (Å²) in [6.07, 6.45) is 0.672. The summed E-state index contributed by atoms with van der Waals surface area (Å²) < 4.78 is 0. The molecular formula is C19H24N4O3. The van der Waals surface area contributed by atoms with Gasteiger partial charge < -0.3 is 15.5 Å². The first-order chi connectivity index (χ1) is 12.5. The molecule has 3 heterocycles. The molecule has 0 radical (unpaired) electrons. The molecule has 3 aliphatic rings. The molecule has 138 valence electrons. The van der Waals surface area contributed by atoms with Crippen molar-refractivity contribution in [2.45, 2.75) is 44.9 Å². The van der Waals surface area contributed by atoms with Crippen LogP contribution < -0.4 is 16.0 Å². The molecule has 0 aromatic heterocycles. The molecule has 1 aromatic carbocycles. The predicted octanol–water partition coefficient (Wildman–Crippen LogP) is 0.145. The van der Waals surface area contributed by atoms with Gasteiger partial charge in [-0.25, -0.2) is 0 Å². The van der Waals surface area contributed by atoms with Crippen molar-refractivity contribution in [2.75, 3.05) is 13.1 Å². The molecule has 3 N–H and O–H groups in total. The van der Waals surface area contributed by atoms with E-state index in [2.05, 4.69) is 22.9 Å². The van der Waals surface area contributed by atoms with E-state index < -0.39 is 6.04 Å². The molecule has 7 heteroatoms. The van der Waals surface area contributed by atoms with Gasteiger partial charge in [-0.3, -0.25) is 19.7 Å². The second-order valence-electron chi connectivity index (χ2n) is 7.48. The van der Waals surface area contributed by atoms with E-state index in [1.54, 1.807) is 4.90 Å². The first kappa shape index (κ1) is 17.2. The van der Waals surface area contributed by atoms with Crippen molar-refractivity contribution in [1.29, 1.82) is 0 Å². The van der Waals surface area contributed by atoms with Crippen molar-refractivity contribution in [1.82, 2.24) is 20.9 Å². The fourth-order valence-corrected chi connectivity index (χ4v) is 3.82. The van der Waals surface area contributed by atoms with Crippen molar-refractivity contribution in [3.8, 4) is 0 Å². The molecule has 26 heavy (non-hydrogen) atoms. The number of hydrogen-bond donors (Lipinski definition) is 3. The van der Waals surface area contributed by atoms with E-state index in [-0.39, 0.29) is 24.1 Å². The van der Waals surface area contributed by atoms with Gasteiger partial charge in [-0.05, 0) is 36.5 Å². The Morgan fingerprint density at radius 3 is 2.77 bits per heavy atom. The number of imide groups is 1. The van der Waals surface area contributed by atoms with Crippen LogP contribution in [0.3, 0.4) is 0 Å². The maximum Gasteiger partial charge on any atom is 0.255 e. The number of carbonyl (C=O) groups excluding carboxylic acids is 3. The summed E-state index contributed by atoms with van der Waals surface area (Å²) in [5.74, 6) is -0.0894. The normalized spacial score (nSPS) is 24.3. The zero-order valence-corrected chi connectivity index (χ0v) is 14.9. The van der Waals surface area contributed by atoms with Crippen LogP contribution >= 0.6 is 0 Å². The maximum absolute atomic E-state index is 12.8. The summed E-state index contributed by atoms with van der Waals surface area (Å²) in [6.45, 7) is 5.44. The minimum absolute atomic E-state index is 0.118. The standard InChI is InChI=1S/C19H24N4O3/c1-11(14-8-20-9-14)21-7-12-2-3-13-10-23(19(26)15(13)6-12)16-4-5-17(24)22-18(16)25/h2-3,6,11,14,16,20-21H,4-5,7-10H2,1H3,(H,22,24,25). The monoisotopic (exact) mass is 356 g/mol. The third kappa shape index (κ3) is 3.12. The molecule has 2 atom stereocenters. The Balaban J connectivity index is 1.43. The van der Waals surface area contributed by atoms with Crippen molar-refractivity contribution in [3.05, 3.63) is 34.9 Å². The number of nitrogens with one attached hydrogen (secondary N) is 3. The van der Waals surface area contributed by atoms with E-state index in [0.29, 0.717) is 30.5 Å². The van der Waals surface area contributed by atoms with Crippen molar-refractivity contribution in [2.24, 2.45) is 5.92 Å². The molecule has 1 aromatic rings. The summed E-state index contributed by atoms with van der Waals surface area (Å²) in [4.78, 5) is 37.8. The molecule has 0 aliphatic carbocycles. The second-order valence-corrected chi connectivity index (χ2v) is 7.48. The Bertz CT molecular complexity index is 759. The number of fused-ring (bicyclic) bond motifs is 1. The van der Waals surface area contributed by atoms with Gasteiger partial charge in [0.1, 0.15) is 6.04 Å². The second kappa shape index (κ2) is 6.81. The van der Waals surface area contributed by atoms with Crippen LogP contribution in [-0.2, 0) is 22.7 Å². The molecule has 2 saturated heterocycles. The lowest BCUT2D eigenvalue weighted by Crippen LogP contribution is -2.52. The van der Waals surface area contributed by atoms with Crippen LogP contribution in [0.5, 0.6) is 0 Å². The molecule has 4 rings (SSSR count). The highest BCUT2D eigenvalue weighted by Gasteiger charge is 2.39. The average Bonchev–Trinajstić information content (AvgIpc) is 2.88. The lowest BCUT2D eigenvalue weighted by atomic mass is 9.95. The molecular weight excluding hydrogens is 332 g/mol. The zero-order valence-electron chi connectivity index (χ0n) is 14.9. The fourth-order valence-electron chi connectivity index (χ4n) is 3.82. The quantitative estimate of drug-likeness (QED) is 0.653. The number of carbonyl (C=O) groups is 3. The first-order valence-corrected chi connectivity index (χ1v) is 9.23. The Hall–Kier alpha value is -2.25. The van der Waals surface area contributed by atoms with Crippen LogP contribution in [0.25, 0.3) is 0 Å². The van der Waals surface area contributed by atoms with Crippen LogP contribution in [0.15, 0.2) is 18.2 Å². The summed E-state index contributed by atoms with van der Waals surface area (Å²) in [7, 11) is 0. The molecule has 7 nitrogen and oxygen atoms in total. The number of rotatable bonds is 5. The highest BCUT2D eigenvalue weighted by atomic mass is 16.2. The lowest BCUT2D eigenvalue weighted by Gasteiger charge is -2.33. The zero-order chi connectivity index (χ0) is 18.3.